The molecule has 0 radical (unpaired) electrons. The fourth-order valence-corrected chi connectivity index (χ4v) is 14.7. The van der Waals surface area contributed by atoms with E-state index in [9.17, 15) is 0 Å². The second-order valence-corrected chi connectivity index (χ2v) is 30.2. The van der Waals surface area contributed by atoms with E-state index >= 15 is 0 Å². The van der Waals surface area contributed by atoms with Gasteiger partial charge < -0.3 is 28.4 Å². The van der Waals surface area contributed by atoms with E-state index in [-0.39, 0.29) is 0 Å². The molecule has 0 amide bonds. The number of unbranched alkanes of at least 4 members (excludes halogenated alkanes) is 30. The molecule has 112 heavy (non-hydrogen) atoms. The average molecular weight is 1500 g/mol. The second-order valence-electron chi connectivity index (χ2n) is 30.2. The Morgan fingerprint density at radius 1 is 0.196 bits per heavy atom. The van der Waals surface area contributed by atoms with Gasteiger partial charge in [-0.2, -0.15) is 0 Å². The molecule has 0 aliphatic rings. The van der Waals surface area contributed by atoms with Crippen molar-refractivity contribution in [2.45, 2.75) is 273 Å². The summed E-state index contributed by atoms with van der Waals surface area (Å²) in [5, 5.41) is 8.05. The molecular weight excluding hydrogens is 1370 g/mol. The summed E-state index contributed by atoms with van der Waals surface area (Å²) in [5.41, 5.74) is 7.98. The molecule has 0 heterocycles. The molecule has 9 aromatic rings. The van der Waals surface area contributed by atoms with Gasteiger partial charge in [0.25, 0.3) is 0 Å². The predicted octanol–water partition coefficient (Wildman–Crippen LogP) is 28.3. The summed E-state index contributed by atoms with van der Waals surface area (Å²) >= 11 is 0. The van der Waals surface area contributed by atoms with E-state index in [1.54, 1.807) is 0 Å². The van der Waals surface area contributed by atoms with Crippen LogP contribution < -0.4 is 28.4 Å². The minimum atomic E-state index is 0.543. The van der Waals surface area contributed by atoms with Crippen LogP contribution in [0.2, 0.25) is 0 Å². The summed E-state index contributed by atoms with van der Waals surface area (Å²) in [4.78, 5) is 0. The maximum absolute atomic E-state index is 6.98. The molecule has 0 bridgehead atoms. The molecular formula is C106H126O6. The highest BCUT2D eigenvalue weighted by molar-refractivity contribution is 6.11. The van der Waals surface area contributed by atoms with Crippen molar-refractivity contribution in [2.75, 3.05) is 39.6 Å². The van der Waals surface area contributed by atoms with Gasteiger partial charge in [-0.25, -0.2) is 0 Å². The lowest BCUT2D eigenvalue weighted by Crippen LogP contribution is -2.03. The van der Waals surface area contributed by atoms with Gasteiger partial charge in [0, 0.05) is 58.7 Å². The fraction of sp³-hybridized carbons (Fsp3) is 0.453. The van der Waals surface area contributed by atoms with Crippen molar-refractivity contribution >= 4 is 43.1 Å². The number of fused-ring (bicyclic) bond motifs is 4. The second kappa shape index (κ2) is 50.2. The summed E-state index contributed by atoms with van der Waals surface area (Å²) in [5.74, 6) is 39.6. The van der Waals surface area contributed by atoms with E-state index in [0.717, 1.165) is 165 Å². The number of hydrogen-bond donors (Lipinski definition) is 0. The van der Waals surface area contributed by atoms with E-state index < -0.39 is 0 Å². The molecule has 0 fully saturated rings. The van der Waals surface area contributed by atoms with Gasteiger partial charge in [0.1, 0.15) is 34.5 Å². The first kappa shape index (κ1) is 86.2. The van der Waals surface area contributed by atoms with Crippen molar-refractivity contribution in [2.24, 2.45) is 0 Å². The summed E-state index contributed by atoms with van der Waals surface area (Å²) in [6.45, 7) is 17.0. The molecule has 0 saturated carbocycles. The summed E-state index contributed by atoms with van der Waals surface area (Å²) in [6, 6.07) is 46.2. The Balaban J connectivity index is 1.14. The van der Waals surface area contributed by atoms with Crippen molar-refractivity contribution in [1.82, 2.24) is 0 Å². The van der Waals surface area contributed by atoms with Crippen molar-refractivity contribution in [3.05, 3.63) is 189 Å². The lowest BCUT2D eigenvalue weighted by molar-refractivity contribution is 0.295. The minimum absolute atomic E-state index is 0.543. The van der Waals surface area contributed by atoms with E-state index in [1.165, 1.54) is 154 Å². The van der Waals surface area contributed by atoms with Crippen LogP contribution in [-0.4, -0.2) is 39.6 Å². The zero-order valence-corrected chi connectivity index (χ0v) is 69.0. The first-order valence-electron chi connectivity index (χ1n) is 43.6. The van der Waals surface area contributed by atoms with Gasteiger partial charge in [-0.05, 0) is 81.6 Å². The highest BCUT2D eigenvalue weighted by Gasteiger charge is 2.19. The molecule has 9 rings (SSSR count). The smallest absolute Gasteiger partial charge is 0.136 e. The van der Waals surface area contributed by atoms with Gasteiger partial charge in [-0.15, -0.1) is 12.8 Å². The number of rotatable bonds is 48. The third-order valence-corrected chi connectivity index (χ3v) is 21.2. The maximum atomic E-state index is 6.98. The molecule has 0 aromatic heterocycles. The van der Waals surface area contributed by atoms with Crippen LogP contribution in [0.1, 0.15) is 328 Å². The normalized spacial score (nSPS) is 10.9. The summed E-state index contributed by atoms with van der Waals surface area (Å²) in [6.07, 6.45) is 54.1. The van der Waals surface area contributed by atoms with Crippen LogP contribution >= 0.6 is 0 Å². The van der Waals surface area contributed by atoms with Crippen LogP contribution in [0.4, 0.5) is 0 Å². The molecule has 6 heteroatoms. The SMILES string of the molecule is C#Cc1cc(OCCCCCCCC)c(C#Cc2c3ccccc3c(C#Cc3cc(OCCCCCCCC)c(C#Cc4c5ccccc5c(C#Cc5cc(OCCCCCCCC)c(C#C)cc5OCCCCCCCC)c5ccccc45)cc3OCCCCCCCC)c3ccccc23)cc1OCCCCCCCC. The molecule has 0 aliphatic heterocycles. The predicted molar refractivity (Wildman–Crippen MR) is 475 cm³/mol. The van der Waals surface area contributed by atoms with Crippen LogP contribution in [0.5, 0.6) is 34.5 Å². The largest absolute Gasteiger partial charge is 0.492 e. The van der Waals surface area contributed by atoms with E-state index in [4.69, 9.17) is 41.3 Å². The number of benzene rings is 9. The summed E-state index contributed by atoms with van der Waals surface area (Å²) in [7, 11) is 0. The molecule has 6 nitrogen and oxygen atoms in total. The van der Waals surface area contributed by atoms with Crippen molar-refractivity contribution in [3.63, 3.8) is 0 Å². The minimum Gasteiger partial charge on any atom is -0.492 e. The number of hydrogen-bond acceptors (Lipinski definition) is 6. The third kappa shape index (κ3) is 26.7. The van der Waals surface area contributed by atoms with Gasteiger partial charge in [-0.3, -0.25) is 0 Å². The molecule has 0 saturated heterocycles. The number of terminal acetylenes is 2. The zero-order chi connectivity index (χ0) is 78.4. The fourth-order valence-electron chi connectivity index (χ4n) is 14.7. The van der Waals surface area contributed by atoms with Crippen LogP contribution in [0.15, 0.2) is 133 Å². The first-order chi connectivity index (χ1) is 55.4. The molecule has 0 unspecified atom stereocenters. The summed E-state index contributed by atoms with van der Waals surface area (Å²) < 4.78 is 40.2. The average Bonchev–Trinajstić information content (AvgIpc) is 0.759. The Morgan fingerprint density at radius 3 is 0.518 bits per heavy atom. The van der Waals surface area contributed by atoms with Gasteiger partial charge in [0.2, 0.25) is 0 Å². The Hall–Kier alpha value is -9.82. The Morgan fingerprint density at radius 2 is 0.348 bits per heavy atom. The lowest BCUT2D eigenvalue weighted by Gasteiger charge is -2.15. The monoisotopic (exact) mass is 1490 g/mol. The zero-order valence-electron chi connectivity index (χ0n) is 69.0. The Kier molecular flexibility index (Phi) is 38.6. The third-order valence-electron chi connectivity index (χ3n) is 21.2. The molecule has 9 aromatic carbocycles. The van der Waals surface area contributed by atoms with Crippen molar-refractivity contribution in [3.8, 4) is 107 Å². The molecule has 0 spiro atoms. The van der Waals surface area contributed by atoms with Gasteiger partial charge >= 0.3 is 0 Å². The molecule has 586 valence electrons. The van der Waals surface area contributed by atoms with Crippen LogP contribution in [0.25, 0.3) is 43.1 Å². The standard InChI is InChI=1S/C106H126O6/c1-9-17-23-29-35-49-71-107-101-79-85(103(77-83(101)15-7)109-73-51-37-31-25-19-11-3)63-67-97-89-55-41-45-59-93(89)99(94-60-46-42-56-90(94)97)69-65-87-81-106(112-76-54-40-34-28-22-14-6)88(82-105(87)111-75-53-39-33-27-21-13-5)66-70-100-95-61-47-43-57-91(95)98(92-58-44-48-62-96(92)100)68-64-86-80-102(108-72-50-36-30-24-18-10-2)84(16-8)78-104(86)110-74-52-38-32-26-20-12-4/h7-8,41-48,55-62,77-82H,9-14,17-40,49-54,71-76H2,1-6H3. The van der Waals surface area contributed by atoms with Crippen molar-refractivity contribution in [1.29, 1.82) is 0 Å². The Labute approximate surface area is 675 Å². The van der Waals surface area contributed by atoms with Gasteiger partial charge in [0.15, 0.2) is 0 Å². The van der Waals surface area contributed by atoms with Gasteiger partial charge in [0.05, 0.1) is 73.0 Å². The highest BCUT2D eigenvalue weighted by atomic mass is 16.5. The lowest BCUT2D eigenvalue weighted by atomic mass is 9.91. The molecule has 0 atom stereocenters. The van der Waals surface area contributed by atoms with Crippen molar-refractivity contribution < 1.29 is 28.4 Å². The van der Waals surface area contributed by atoms with E-state index in [1.807, 2.05) is 24.3 Å². The number of ether oxygens (including phenoxy) is 6. The van der Waals surface area contributed by atoms with E-state index in [0.29, 0.717) is 85.3 Å². The van der Waals surface area contributed by atoms with E-state index in [2.05, 4.69) is 210 Å². The molecule has 0 N–H and O–H groups in total. The topological polar surface area (TPSA) is 55.4 Å². The molecule has 0 aliphatic carbocycles. The van der Waals surface area contributed by atoms with Crippen LogP contribution in [0.3, 0.4) is 0 Å². The Bertz CT molecular complexity index is 4360. The van der Waals surface area contributed by atoms with Crippen LogP contribution in [0, 0.1) is 72.1 Å². The maximum Gasteiger partial charge on any atom is 0.136 e. The first-order valence-corrected chi connectivity index (χ1v) is 43.6. The highest BCUT2D eigenvalue weighted by Crippen LogP contribution is 2.38. The quantitative estimate of drug-likeness (QED) is 0.0215. The van der Waals surface area contributed by atoms with Crippen LogP contribution in [-0.2, 0) is 0 Å². The van der Waals surface area contributed by atoms with Gasteiger partial charge in [-0.1, -0.05) is 390 Å².